The number of sulfonamides is 1. The number of anilines is 1. The van der Waals surface area contributed by atoms with E-state index in [9.17, 15) is 13.2 Å². The second kappa shape index (κ2) is 7.25. The molecule has 1 saturated heterocycles. The number of aromatic nitrogens is 1. The van der Waals surface area contributed by atoms with E-state index >= 15 is 0 Å². The molecule has 1 atom stereocenters. The van der Waals surface area contributed by atoms with E-state index in [1.54, 1.807) is 24.1 Å². The molecule has 1 spiro atoms. The molecule has 0 saturated carbocycles. The van der Waals surface area contributed by atoms with E-state index in [4.69, 9.17) is 23.2 Å². The fraction of sp³-hybridized carbons (Fsp3) is 0.444. The van der Waals surface area contributed by atoms with E-state index in [-0.39, 0.29) is 18.1 Å². The van der Waals surface area contributed by atoms with Crippen molar-refractivity contribution in [2.75, 3.05) is 30.3 Å². The number of halogens is 2. The second-order valence-corrected chi connectivity index (χ2v) is 11.6. The standard InChI is InChI=1S/C18H19Cl2N3O3S2/c1-2-28(25,26)22-6-5-18(10-22)11-23(14-4-3-12(19)7-13(14)18)17(24)8-16-21-9-15(20)27-16/h3-4,7,9H,2,5-6,8,10-11H2,1H3. The van der Waals surface area contributed by atoms with Gasteiger partial charge in [0.2, 0.25) is 15.9 Å². The largest absolute Gasteiger partial charge is 0.311 e. The molecule has 0 bridgehead atoms. The van der Waals surface area contributed by atoms with Gasteiger partial charge in [0.15, 0.2) is 0 Å². The van der Waals surface area contributed by atoms with Crippen LogP contribution in [0.5, 0.6) is 0 Å². The van der Waals surface area contributed by atoms with Crippen molar-refractivity contribution in [3.63, 3.8) is 0 Å². The lowest BCUT2D eigenvalue weighted by atomic mass is 9.82. The van der Waals surface area contributed by atoms with Gasteiger partial charge in [0.25, 0.3) is 0 Å². The van der Waals surface area contributed by atoms with Crippen molar-refractivity contribution in [2.24, 2.45) is 0 Å². The normalized spacial score (nSPS) is 22.2. The van der Waals surface area contributed by atoms with Crippen molar-refractivity contribution in [1.82, 2.24) is 9.29 Å². The smallest absolute Gasteiger partial charge is 0.233 e. The molecule has 6 nitrogen and oxygen atoms in total. The van der Waals surface area contributed by atoms with Crippen LogP contribution in [0.25, 0.3) is 0 Å². The number of fused-ring (bicyclic) bond motifs is 2. The van der Waals surface area contributed by atoms with Gasteiger partial charge in [0.1, 0.15) is 9.34 Å². The highest BCUT2D eigenvalue weighted by molar-refractivity contribution is 7.89. The number of carbonyl (C=O) groups excluding carboxylic acids is 1. The fourth-order valence-electron chi connectivity index (χ4n) is 4.06. The first-order valence-electron chi connectivity index (χ1n) is 8.92. The van der Waals surface area contributed by atoms with Crippen molar-refractivity contribution >= 4 is 56.2 Å². The summed E-state index contributed by atoms with van der Waals surface area (Å²) in [6.45, 7) is 2.90. The van der Waals surface area contributed by atoms with Crippen LogP contribution in [0, 0.1) is 0 Å². The molecule has 1 aromatic heterocycles. The van der Waals surface area contributed by atoms with Gasteiger partial charge in [-0.25, -0.2) is 17.7 Å². The van der Waals surface area contributed by atoms with E-state index in [1.165, 1.54) is 15.6 Å². The third-order valence-corrected chi connectivity index (χ3v) is 8.67. The van der Waals surface area contributed by atoms with Crippen LogP contribution in [0.1, 0.15) is 23.9 Å². The van der Waals surface area contributed by atoms with E-state index in [1.807, 2.05) is 12.1 Å². The van der Waals surface area contributed by atoms with E-state index in [2.05, 4.69) is 4.98 Å². The first kappa shape index (κ1) is 20.1. The van der Waals surface area contributed by atoms with E-state index in [0.717, 1.165) is 11.3 Å². The lowest BCUT2D eigenvalue weighted by Crippen LogP contribution is -2.40. The Morgan fingerprint density at radius 2 is 2.11 bits per heavy atom. The molecule has 2 aliphatic rings. The zero-order valence-electron chi connectivity index (χ0n) is 15.2. The molecule has 1 unspecified atom stereocenters. The summed E-state index contributed by atoms with van der Waals surface area (Å²) in [5, 5.41) is 1.24. The van der Waals surface area contributed by atoms with Gasteiger partial charge in [-0.1, -0.05) is 23.2 Å². The Hall–Kier alpha value is -1.19. The maximum absolute atomic E-state index is 13.0. The van der Waals surface area contributed by atoms with Gasteiger partial charge in [0.05, 0.1) is 18.4 Å². The van der Waals surface area contributed by atoms with Crippen molar-refractivity contribution in [3.05, 3.63) is 44.3 Å². The summed E-state index contributed by atoms with van der Waals surface area (Å²) in [4.78, 5) is 18.9. The molecule has 28 heavy (non-hydrogen) atoms. The second-order valence-electron chi connectivity index (χ2n) is 7.14. The van der Waals surface area contributed by atoms with Crippen LogP contribution in [0.2, 0.25) is 9.36 Å². The summed E-state index contributed by atoms with van der Waals surface area (Å²) < 4.78 is 26.8. The predicted molar refractivity (Wildman–Crippen MR) is 112 cm³/mol. The summed E-state index contributed by atoms with van der Waals surface area (Å²) in [7, 11) is -3.28. The first-order valence-corrected chi connectivity index (χ1v) is 12.1. The number of amides is 1. The molecule has 10 heteroatoms. The third-order valence-electron chi connectivity index (χ3n) is 5.49. The van der Waals surface area contributed by atoms with Gasteiger partial charge >= 0.3 is 0 Å². The van der Waals surface area contributed by atoms with Crippen LogP contribution < -0.4 is 4.90 Å². The molecule has 150 valence electrons. The highest BCUT2D eigenvalue weighted by atomic mass is 35.5. The van der Waals surface area contributed by atoms with Crippen LogP contribution in [0.15, 0.2) is 24.4 Å². The number of hydrogen-bond donors (Lipinski definition) is 0. The lowest BCUT2D eigenvalue weighted by molar-refractivity contribution is -0.118. The van der Waals surface area contributed by atoms with Crippen LogP contribution in [-0.2, 0) is 26.7 Å². The van der Waals surface area contributed by atoms with Crippen LogP contribution >= 0.6 is 34.5 Å². The molecule has 3 heterocycles. The number of benzene rings is 1. The van der Waals surface area contributed by atoms with Crippen LogP contribution in [-0.4, -0.2) is 49.0 Å². The van der Waals surface area contributed by atoms with Crippen molar-refractivity contribution < 1.29 is 13.2 Å². The molecular weight excluding hydrogens is 441 g/mol. The number of carbonyl (C=O) groups is 1. The maximum atomic E-state index is 13.0. The minimum Gasteiger partial charge on any atom is -0.311 e. The summed E-state index contributed by atoms with van der Waals surface area (Å²) in [5.74, 6) is -0.0119. The highest BCUT2D eigenvalue weighted by Gasteiger charge is 2.50. The molecular formula is C18H19Cl2N3O3S2. The van der Waals surface area contributed by atoms with Gasteiger partial charge in [-0.3, -0.25) is 4.79 Å². The maximum Gasteiger partial charge on any atom is 0.233 e. The lowest BCUT2D eigenvalue weighted by Gasteiger charge is -2.25. The van der Waals surface area contributed by atoms with Gasteiger partial charge in [-0.05, 0) is 37.1 Å². The molecule has 1 fully saturated rings. The highest BCUT2D eigenvalue weighted by Crippen LogP contribution is 2.48. The molecule has 1 amide bonds. The molecule has 0 aliphatic carbocycles. The van der Waals surface area contributed by atoms with Crippen LogP contribution in [0.3, 0.4) is 0 Å². The molecule has 2 aromatic rings. The average Bonchev–Trinajstić information content (AvgIpc) is 3.35. The Morgan fingerprint density at radius 1 is 1.32 bits per heavy atom. The molecule has 0 N–H and O–H groups in total. The number of thiazole rings is 1. The first-order chi connectivity index (χ1) is 13.2. The monoisotopic (exact) mass is 459 g/mol. The topological polar surface area (TPSA) is 70.6 Å². The minimum absolute atomic E-state index is 0.0684. The summed E-state index contributed by atoms with van der Waals surface area (Å²) in [5.41, 5.74) is 1.31. The zero-order valence-corrected chi connectivity index (χ0v) is 18.3. The van der Waals surface area contributed by atoms with Gasteiger partial charge in [0, 0.05) is 35.8 Å². The fourth-order valence-corrected chi connectivity index (χ4v) is 6.36. The number of hydrogen-bond acceptors (Lipinski definition) is 5. The predicted octanol–water partition coefficient (Wildman–Crippen LogP) is 3.33. The Morgan fingerprint density at radius 3 is 2.79 bits per heavy atom. The summed E-state index contributed by atoms with van der Waals surface area (Å²) in [6, 6.07) is 5.47. The van der Waals surface area contributed by atoms with Gasteiger partial charge in [-0.2, -0.15) is 0 Å². The Kier molecular flexibility index (Phi) is 5.20. The minimum atomic E-state index is -3.28. The van der Waals surface area contributed by atoms with Crippen molar-refractivity contribution in [2.45, 2.75) is 25.2 Å². The quantitative estimate of drug-likeness (QED) is 0.702. The Labute approximate surface area is 178 Å². The van der Waals surface area contributed by atoms with E-state index in [0.29, 0.717) is 40.4 Å². The SMILES string of the molecule is CCS(=O)(=O)N1CCC2(CN(C(=O)Cc3ncc(Cl)s3)c3ccc(Cl)cc32)C1. The zero-order chi connectivity index (χ0) is 20.1. The Bertz CT molecular complexity index is 1040. The number of rotatable bonds is 4. The van der Waals surface area contributed by atoms with Crippen LogP contribution in [0.4, 0.5) is 5.69 Å². The van der Waals surface area contributed by atoms with Crippen molar-refractivity contribution in [3.8, 4) is 0 Å². The third kappa shape index (κ3) is 3.45. The van der Waals surface area contributed by atoms with E-state index < -0.39 is 15.4 Å². The van der Waals surface area contributed by atoms with Crippen molar-refractivity contribution in [1.29, 1.82) is 0 Å². The molecule has 2 aliphatic heterocycles. The summed E-state index contributed by atoms with van der Waals surface area (Å²) in [6.07, 6.45) is 2.36. The number of nitrogens with zero attached hydrogens (tertiary/aromatic N) is 3. The van der Waals surface area contributed by atoms with Gasteiger partial charge in [-0.15, -0.1) is 11.3 Å². The molecule has 4 rings (SSSR count). The van der Waals surface area contributed by atoms with Gasteiger partial charge < -0.3 is 4.90 Å². The molecule has 0 radical (unpaired) electrons. The molecule has 1 aromatic carbocycles. The Balaban J connectivity index is 1.66. The average molecular weight is 460 g/mol. The summed E-state index contributed by atoms with van der Waals surface area (Å²) >= 11 is 13.5.